The van der Waals surface area contributed by atoms with Gasteiger partial charge in [0, 0.05) is 5.41 Å². The van der Waals surface area contributed by atoms with E-state index in [-0.39, 0.29) is 17.9 Å². The lowest BCUT2D eigenvalue weighted by molar-refractivity contribution is -0.133. The van der Waals surface area contributed by atoms with Crippen molar-refractivity contribution in [2.45, 2.75) is 71.6 Å². The van der Waals surface area contributed by atoms with Gasteiger partial charge in [-0.25, -0.2) is 0 Å². The second kappa shape index (κ2) is 6.37. The summed E-state index contributed by atoms with van der Waals surface area (Å²) in [4.78, 5) is 23.8. The van der Waals surface area contributed by atoms with Crippen LogP contribution in [0.2, 0.25) is 0 Å². The Morgan fingerprint density at radius 2 is 1.79 bits per heavy atom. The summed E-state index contributed by atoms with van der Waals surface area (Å²) in [5.41, 5.74) is -0.515. The Bertz CT molecular complexity index is 336. The summed E-state index contributed by atoms with van der Waals surface area (Å²) in [6.07, 6.45) is 3.08. The third kappa shape index (κ3) is 4.82. The van der Waals surface area contributed by atoms with Crippen molar-refractivity contribution in [3.63, 3.8) is 0 Å². The topological polar surface area (TPSA) is 78.4 Å². The fourth-order valence-corrected chi connectivity index (χ4v) is 2.07. The molecule has 0 heterocycles. The second-order valence-corrected chi connectivity index (χ2v) is 6.41. The van der Waals surface area contributed by atoms with Crippen LogP contribution in [0, 0.1) is 5.41 Å². The maximum absolute atomic E-state index is 12.0. The molecule has 1 unspecified atom stereocenters. The molecule has 0 aromatic heterocycles. The Balaban J connectivity index is 2.46. The minimum absolute atomic E-state index is 0.153. The Hall–Kier alpha value is -1.10. The van der Waals surface area contributed by atoms with Crippen LogP contribution >= 0.6 is 0 Å². The fraction of sp³-hybridized carbons (Fsp3) is 0.857. The first-order chi connectivity index (χ1) is 8.71. The number of hydrogen-bond acceptors (Lipinski definition) is 3. The Morgan fingerprint density at radius 1 is 1.21 bits per heavy atom. The van der Waals surface area contributed by atoms with Gasteiger partial charge < -0.3 is 15.7 Å². The van der Waals surface area contributed by atoms with Crippen molar-refractivity contribution >= 4 is 11.8 Å². The van der Waals surface area contributed by atoms with E-state index in [0.29, 0.717) is 0 Å². The molecule has 3 N–H and O–H groups in total. The summed E-state index contributed by atoms with van der Waals surface area (Å²) < 4.78 is 0. The first kappa shape index (κ1) is 16.0. The van der Waals surface area contributed by atoms with Gasteiger partial charge in [-0.3, -0.25) is 9.59 Å². The largest absolute Gasteiger partial charge is 0.391 e. The van der Waals surface area contributed by atoms with E-state index in [4.69, 9.17) is 0 Å². The van der Waals surface area contributed by atoms with E-state index < -0.39 is 17.6 Å². The molecule has 1 fully saturated rings. The number of amides is 2. The van der Waals surface area contributed by atoms with Gasteiger partial charge in [0.05, 0.1) is 12.1 Å². The lowest BCUT2D eigenvalue weighted by atomic mass is 9.92. The van der Waals surface area contributed by atoms with Crippen LogP contribution < -0.4 is 10.6 Å². The quantitative estimate of drug-likeness (QED) is 0.714. The molecule has 1 saturated carbocycles. The number of carbonyl (C=O) groups excluding carboxylic acids is 2. The van der Waals surface area contributed by atoms with Crippen molar-refractivity contribution in [2.75, 3.05) is 0 Å². The van der Waals surface area contributed by atoms with E-state index >= 15 is 0 Å². The Kier molecular flexibility index (Phi) is 5.35. The standard InChI is InChI=1S/C14H26N2O3/c1-9(15-13(19)14(2,3)4)12(18)16-10-7-5-6-8-11(10)17/h9-11,17H,5-8H2,1-4H3,(H,15,19)(H,16,18)/t9?,10-,11-/m1/s1. The van der Waals surface area contributed by atoms with Gasteiger partial charge in [-0.2, -0.15) is 0 Å². The van der Waals surface area contributed by atoms with Crippen molar-refractivity contribution in [1.82, 2.24) is 10.6 Å². The van der Waals surface area contributed by atoms with Gasteiger partial charge in [0.2, 0.25) is 11.8 Å². The highest BCUT2D eigenvalue weighted by Crippen LogP contribution is 2.18. The van der Waals surface area contributed by atoms with Gasteiger partial charge in [-0.15, -0.1) is 0 Å². The molecule has 0 aromatic carbocycles. The summed E-state index contributed by atoms with van der Waals surface area (Å²) in [6.45, 7) is 7.07. The smallest absolute Gasteiger partial charge is 0.242 e. The predicted octanol–water partition coefficient (Wildman–Crippen LogP) is 0.957. The molecule has 5 heteroatoms. The molecule has 3 atom stereocenters. The lowest BCUT2D eigenvalue weighted by Gasteiger charge is -2.30. The van der Waals surface area contributed by atoms with E-state index in [9.17, 15) is 14.7 Å². The second-order valence-electron chi connectivity index (χ2n) is 6.41. The SMILES string of the molecule is CC(NC(=O)C(C)(C)C)C(=O)N[C@@H]1CCCC[C@H]1O. The molecule has 0 saturated heterocycles. The van der Waals surface area contributed by atoms with Crippen LogP contribution in [0.4, 0.5) is 0 Å². The molecular formula is C14H26N2O3. The minimum atomic E-state index is -0.583. The molecule has 19 heavy (non-hydrogen) atoms. The van der Waals surface area contributed by atoms with E-state index in [0.717, 1.165) is 25.7 Å². The molecule has 0 aromatic rings. The van der Waals surface area contributed by atoms with Crippen LogP contribution in [0.3, 0.4) is 0 Å². The summed E-state index contributed by atoms with van der Waals surface area (Å²) >= 11 is 0. The highest BCUT2D eigenvalue weighted by molar-refractivity contribution is 5.89. The van der Waals surface area contributed by atoms with Crippen LogP contribution in [0.1, 0.15) is 53.4 Å². The van der Waals surface area contributed by atoms with Crippen molar-refractivity contribution in [3.8, 4) is 0 Å². The van der Waals surface area contributed by atoms with E-state index in [1.807, 2.05) is 0 Å². The zero-order chi connectivity index (χ0) is 14.6. The number of aliphatic hydroxyl groups is 1. The van der Waals surface area contributed by atoms with Crippen LogP contribution in [0.15, 0.2) is 0 Å². The fourth-order valence-electron chi connectivity index (χ4n) is 2.07. The third-order valence-electron chi connectivity index (χ3n) is 3.48. The van der Waals surface area contributed by atoms with E-state index in [1.165, 1.54) is 0 Å². The van der Waals surface area contributed by atoms with Crippen LogP contribution in [0.5, 0.6) is 0 Å². The highest BCUT2D eigenvalue weighted by Gasteiger charge is 2.28. The molecule has 1 rings (SSSR count). The molecule has 5 nitrogen and oxygen atoms in total. The number of hydrogen-bond donors (Lipinski definition) is 3. The van der Waals surface area contributed by atoms with E-state index in [1.54, 1.807) is 27.7 Å². The van der Waals surface area contributed by atoms with Crippen LogP contribution in [0.25, 0.3) is 0 Å². The maximum Gasteiger partial charge on any atom is 0.242 e. The average molecular weight is 270 g/mol. The van der Waals surface area contributed by atoms with Crippen LogP contribution in [-0.4, -0.2) is 35.1 Å². The van der Waals surface area contributed by atoms with Gasteiger partial charge in [-0.05, 0) is 19.8 Å². The maximum atomic E-state index is 12.0. The average Bonchev–Trinajstić information content (AvgIpc) is 2.30. The van der Waals surface area contributed by atoms with E-state index in [2.05, 4.69) is 10.6 Å². The third-order valence-corrected chi connectivity index (χ3v) is 3.48. The number of carbonyl (C=O) groups is 2. The van der Waals surface area contributed by atoms with Crippen molar-refractivity contribution < 1.29 is 14.7 Å². The van der Waals surface area contributed by atoms with Crippen molar-refractivity contribution in [2.24, 2.45) is 5.41 Å². The molecule has 1 aliphatic rings. The summed E-state index contributed by atoms with van der Waals surface area (Å²) in [5, 5.41) is 15.3. The summed E-state index contributed by atoms with van der Waals surface area (Å²) in [5.74, 6) is -0.386. The molecule has 0 spiro atoms. The van der Waals surface area contributed by atoms with Crippen LogP contribution in [-0.2, 0) is 9.59 Å². The lowest BCUT2D eigenvalue weighted by Crippen LogP contribution is -2.53. The van der Waals surface area contributed by atoms with Gasteiger partial charge in [0.1, 0.15) is 6.04 Å². The monoisotopic (exact) mass is 270 g/mol. The molecule has 110 valence electrons. The Labute approximate surface area is 115 Å². The molecular weight excluding hydrogens is 244 g/mol. The van der Waals surface area contributed by atoms with Gasteiger partial charge in [0.15, 0.2) is 0 Å². The molecule has 0 radical (unpaired) electrons. The summed E-state index contributed by atoms with van der Waals surface area (Å²) in [7, 11) is 0. The predicted molar refractivity (Wildman–Crippen MR) is 73.5 cm³/mol. The zero-order valence-corrected chi connectivity index (χ0v) is 12.3. The van der Waals surface area contributed by atoms with Gasteiger partial charge in [-0.1, -0.05) is 33.6 Å². The van der Waals surface area contributed by atoms with Crippen molar-refractivity contribution in [1.29, 1.82) is 0 Å². The molecule has 1 aliphatic carbocycles. The summed E-state index contributed by atoms with van der Waals surface area (Å²) in [6, 6.07) is -0.768. The first-order valence-electron chi connectivity index (χ1n) is 7.01. The number of nitrogens with one attached hydrogen (secondary N) is 2. The van der Waals surface area contributed by atoms with Gasteiger partial charge in [0.25, 0.3) is 0 Å². The number of rotatable bonds is 3. The first-order valence-corrected chi connectivity index (χ1v) is 7.01. The van der Waals surface area contributed by atoms with Gasteiger partial charge >= 0.3 is 0 Å². The minimum Gasteiger partial charge on any atom is -0.391 e. The number of aliphatic hydroxyl groups excluding tert-OH is 1. The molecule has 0 bridgehead atoms. The molecule has 0 aliphatic heterocycles. The Morgan fingerprint density at radius 3 is 2.32 bits per heavy atom. The zero-order valence-electron chi connectivity index (χ0n) is 12.3. The highest BCUT2D eigenvalue weighted by atomic mass is 16.3. The van der Waals surface area contributed by atoms with Crippen molar-refractivity contribution in [3.05, 3.63) is 0 Å². The molecule has 2 amide bonds. The normalized spacial score (nSPS) is 25.5.